The zero-order valence-corrected chi connectivity index (χ0v) is 12.6. The van der Waals surface area contributed by atoms with Crippen LogP contribution in [0, 0.1) is 0 Å². The number of aromatic nitrogens is 1. The normalized spacial score (nSPS) is 16.6. The number of hydrogen-bond acceptors (Lipinski definition) is 3. The number of hydrogen-bond donors (Lipinski definition) is 1. The summed E-state index contributed by atoms with van der Waals surface area (Å²) in [5.41, 5.74) is 0.674. The van der Waals surface area contributed by atoms with Crippen molar-refractivity contribution in [3.05, 3.63) is 23.0 Å². The number of β-amino-alcohol motifs (C(OH)–C–C–N with tert-alkyl or cyclic N) is 1. The number of aliphatic hydroxyl groups excluding tert-OH is 1. The molecule has 0 radical (unpaired) electrons. The van der Waals surface area contributed by atoms with Crippen LogP contribution in [0.25, 0.3) is 0 Å². The van der Waals surface area contributed by atoms with Crippen molar-refractivity contribution in [2.75, 3.05) is 39.3 Å². The van der Waals surface area contributed by atoms with E-state index in [-0.39, 0.29) is 12.5 Å². The van der Waals surface area contributed by atoms with E-state index in [1.165, 1.54) is 0 Å². The molecule has 1 N–H and O–H groups in total. The Labute approximate surface area is 124 Å². The van der Waals surface area contributed by atoms with E-state index in [9.17, 15) is 4.79 Å². The molecule has 1 amide bonds. The van der Waals surface area contributed by atoms with Crippen molar-refractivity contribution in [1.82, 2.24) is 14.4 Å². The summed E-state index contributed by atoms with van der Waals surface area (Å²) in [5, 5.41) is 9.54. The summed E-state index contributed by atoms with van der Waals surface area (Å²) in [5.74, 6) is 0.0500. The van der Waals surface area contributed by atoms with Crippen molar-refractivity contribution < 1.29 is 9.90 Å². The lowest BCUT2D eigenvalue weighted by atomic mass is 10.2. The van der Waals surface area contributed by atoms with Crippen molar-refractivity contribution in [2.24, 2.45) is 0 Å². The number of halogens is 1. The Hall–Kier alpha value is -1.04. The SMILES string of the molecule is CCCn1cc(Cl)cc1C(=O)N1CCN(CCO)CC1. The highest BCUT2D eigenvalue weighted by Crippen LogP contribution is 2.17. The van der Waals surface area contributed by atoms with Gasteiger partial charge in [-0.05, 0) is 12.5 Å². The summed E-state index contributed by atoms with van der Waals surface area (Å²) < 4.78 is 1.94. The molecule has 0 aliphatic carbocycles. The summed E-state index contributed by atoms with van der Waals surface area (Å²) in [6.45, 7) is 6.77. The first kappa shape index (κ1) is 15.4. The highest BCUT2D eigenvalue weighted by atomic mass is 35.5. The lowest BCUT2D eigenvalue weighted by molar-refractivity contribution is 0.0604. The molecular formula is C14H22ClN3O2. The molecule has 0 spiro atoms. The Morgan fingerprint density at radius 3 is 2.60 bits per heavy atom. The topological polar surface area (TPSA) is 48.7 Å². The Balaban J connectivity index is 2.01. The summed E-state index contributed by atoms with van der Waals surface area (Å²) in [7, 11) is 0. The van der Waals surface area contributed by atoms with Gasteiger partial charge in [-0.2, -0.15) is 0 Å². The fourth-order valence-corrected chi connectivity index (χ4v) is 2.78. The fourth-order valence-electron chi connectivity index (χ4n) is 2.56. The molecule has 20 heavy (non-hydrogen) atoms. The fraction of sp³-hybridized carbons (Fsp3) is 0.643. The first-order valence-corrected chi connectivity index (χ1v) is 7.51. The quantitative estimate of drug-likeness (QED) is 0.891. The van der Waals surface area contributed by atoms with Crippen LogP contribution in [0.15, 0.2) is 12.3 Å². The van der Waals surface area contributed by atoms with Crippen molar-refractivity contribution in [2.45, 2.75) is 19.9 Å². The standard InChI is InChI=1S/C14H22ClN3O2/c1-2-3-18-11-12(15)10-13(18)14(20)17-6-4-16(5-7-17)8-9-19/h10-11,19H,2-9H2,1H3. The number of carbonyl (C=O) groups is 1. The summed E-state index contributed by atoms with van der Waals surface area (Å²) >= 11 is 6.02. The Morgan fingerprint density at radius 1 is 1.30 bits per heavy atom. The molecule has 1 aliphatic heterocycles. The monoisotopic (exact) mass is 299 g/mol. The second-order valence-corrected chi connectivity index (χ2v) is 5.53. The zero-order chi connectivity index (χ0) is 14.5. The van der Waals surface area contributed by atoms with Crippen LogP contribution in [-0.2, 0) is 6.54 Å². The first-order chi connectivity index (χ1) is 9.65. The van der Waals surface area contributed by atoms with Gasteiger partial charge in [-0.3, -0.25) is 9.69 Å². The molecule has 0 saturated carbocycles. The molecule has 0 unspecified atom stereocenters. The number of aryl methyl sites for hydroxylation is 1. The largest absolute Gasteiger partial charge is 0.395 e. The molecule has 1 saturated heterocycles. The van der Waals surface area contributed by atoms with E-state index in [4.69, 9.17) is 16.7 Å². The van der Waals surface area contributed by atoms with Crippen LogP contribution in [-0.4, -0.2) is 64.7 Å². The minimum atomic E-state index is 0.0500. The molecule has 0 aromatic carbocycles. The van der Waals surface area contributed by atoms with Gasteiger partial charge in [-0.25, -0.2) is 0 Å². The maximum absolute atomic E-state index is 12.6. The molecule has 1 aliphatic rings. The Morgan fingerprint density at radius 2 is 2.00 bits per heavy atom. The van der Waals surface area contributed by atoms with Gasteiger partial charge in [0.1, 0.15) is 5.69 Å². The molecule has 1 fully saturated rings. The third-order valence-electron chi connectivity index (χ3n) is 3.62. The van der Waals surface area contributed by atoms with E-state index in [1.54, 1.807) is 6.07 Å². The number of carbonyl (C=O) groups excluding carboxylic acids is 1. The average Bonchev–Trinajstić information content (AvgIpc) is 2.81. The van der Waals surface area contributed by atoms with E-state index in [0.29, 0.717) is 30.4 Å². The van der Waals surface area contributed by atoms with Crippen LogP contribution in [0.3, 0.4) is 0 Å². The molecule has 0 atom stereocenters. The molecule has 112 valence electrons. The van der Waals surface area contributed by atoms with Gasteiger partial charge in [0.25, 0.3) is 5.91 Å². The highest BCUT2D eigenvalue weighted by molar-refractivity contribution is 6.31. The van der Waals surface area contributed by atoms with Crippen LogP contribution in [0.5, 0.6) is 0 Å². The van der Waals surface area contributed by atoms with E-state index in [2.05, 4.69) is 11.8 Å². The molecule has 2 heterocycles. The van der Waals surface area contributed by atoms with Gasteiger partial charge >= 0.3 is 0 Å². The maximum Gasteiger partial charge on any atom is 0.270 e. The molecule has 1 aromatic heterocycles. The molecule has 1 aromatic rings. The molecule has 0 bridgehead atoms. The highest BCUT2D eigenvalue weighted by Gasteiger charge is 2.24. The number of nitrogens with zero attached hydrogens (tertiary/aromatic N) is 3. The summed E-state index contributed by atoms with van der Waals surface area (Å²) in [6, 6.07) is 1.75. The second-order valence-electron chi connectivity index (χ2n) is 5.09. The van der Waals surface area contributed by atoms with Gasteiger partial charge < -0.3 is 14.6 Å². The van der Waals surface area contributed by atoms with Gasteiger partial charge in [0.05, 0.1) is 11.6 Å². The minimum Gasteiger partial charge on any atom is -0.395 e. The molecule has 5 nitrogen and oxygen atoms in total. The van der Waals surface area contributed by atoms with E-state index < -0.39 is 0 Å². The van der Waals surface area contributed by atoms with Crippen molar-refractivity contribution in [1.29, 1.82) is 0 Å². The third-order valence-corrected chi connectivity index (χ3v) is 3.83. The Kier molecular flexibility index (Phi) is 5.46. The molecule has 2 rings (SSSR count). The second kappa shape index (κ2) is 7.11. The van der Waals surface area contributed by atoms with Crippen LogP contribution < -0.4 is 0 Å². The predicted octanol–water partition coefficient (Wildman–Crippen LogP) is 1.30. The van der Waals surface area contributed by atoms with E-state index in [1.807, 2.05) is 15.7 Å². The first-order valence-electron chi connectivity index (χ1n) is 7.14. The zero-order valence-electron chi connectivity index (χ0n) is 11.9. The smallest absolute Gasteiger partial charge is 0.270 e. The van der Waals surface area contributed by atoms with Crippen molar-refractivity contribution in [3.8, 4) is 0 Å². The van der Waals surface area contributed by atoms with Crippen LogP contribution in [0.1, 0.15) is 23.8 Å². The maximum atomic E-state index is 12.6. The number of aliphatic hydroxyl groups is 1. The lowest BCUT2D eigenvalue weighted by Gasteiger charge is -2.34. The van der Waals surface area contributed by atoms with Crippen LogP contribution >= 0.6 is 11.6 Å². The predicted molar refractivity (Wildman–Crippen MR) is 79.2 cm³/mol. The van der Waals surface area contributed by atoms with Gasteiger partial charge in [0.2, 0.25) is 0 Å². The molecular weight excluding hydrogens is 278 g/mol. The number of rotatable bonds is 5. The van der Waals surface area contributed by atoms with Crippen LogP contribution in [0.4, 0.5) is 0 Å². The van der Waals surface area contributed by atoms with E-state index >= 15 is 0 Å². The minimum absolute atomic E-state index is 0.0500. The van der Waals surface area contributed by atoms with Gasteiger partial charge in [-0.1, -0.05) is 18.5 Å². The van der Waals surface area contributed by atoms with Crippen molar-refractivity contribution >= 4 is 17.5 Å². The molecule has 6 heteroatoms. The van der Waals surface area contributed by atoms with Gasteiger partial charge in [0.15, 0.2) is 0 Å². The van der Waals surface area contributed by atoms with Gasteiger partial charge in [0, 0.05) is 45.5 Å². The average molecular weight is 300 g/mol. The number of amides is 1. The van der Waals surface area contributed by atoms with Crippen LogP contribution in [0.2, 0.25) is 5.02 Å². The van der Waals surface area contributed by atoms with Crippen molar-refractivity contribution in [3.63, 3.8) is 0 Å². The van der Waals surface area contributed by atoms with E-state index in [0.717, 1.165) is 26.1 Å². The number of piperazine rings is 1. The summed E-state index contributed by atoms with van der Waals surface area (Å²) in [6.07, 6.45) is 2.79. The Bertz CT molecular complexity index is 453. The van der Waals surface area contributed by atoms with Gasteiger partial charge in [-0.15, -0.1) is 0 Å². The third kappa shape index (κ3) is 3.53. The summed E-state index contributed by atoms with van der Waals surface area (Å²) in [4.78, 5) is 16.6. The lowest BCUT2D eigenvalue weighted by Crippen LogP contribution is -2.49.